The molecule has 0 aromatic heterocycles. The molecule has 144 valence electrons. The van der Waals surface area contributed by atoms with Crippen LogP contribution in [0.25, 0.3) is 0 Å². The number of rotatable bonds is 3. The zero-order chi connectivity index (χ0) is 18.6. The molecule has 26 heavy (non-hydrogen) atoms. The summed E-state index contributed by atoms with van der Waals surface area (Å²) in [5.74, 6) is -0.986. The number of hydrogen-bond acceptors (Lipinski definition) is 4. The van der Waals surface area contributed by atoms with Crippen LogP contribution in [-0.2, 0) is 9.59 Å². The summed E-state index contributed by atoms with van der Waals surface area (Å²) in [6.45, 7) is -0.426. The normalized spacial score (nSPS) is 23.5. The Morgan fingerprint density at radius 2 is 1.62 bits per heavy atom. The first-order valence-electron chi connectivity index (χ1n) is 9.75. The molecule has 2 saturated carbocycles. The summed E-state index contributed by atoms with van der Waals surface area (Å²) in [5.41, 5.74) is -0.863. The molecule has 0 aromatic carbocycles. The smallest absolute Gasteiger partial charge is 0.325 e. The van der Waals surface area contributed by atoms with Crippen LogP contribution in [0.2, 0.25) is 0 Å². The van der Waals surface area contributed by atoms with Crippen molar-refractivity contribution in [2.75, 3.05) is 6.54 Å². The van der Waals surface area contributed by atoms with Crippen molar-refractivity contribution in [3.05, 3.63) is 0 Å². The molecule has 1 spiro atoms. The molecule has 0 radical (unpaired) electrons. The first kappa shape index (κ1) is 18.7. The molecule has 8 heteroatoms. The molecule has 1 heterocycles. The van der Waals surface area contributed by atoms with Crippen LogP contribution in [-0.4, -0.2) is 46.9 Å². The van der Waals surface area contributed by atoms with Gasteiger partial charge >= 0.3 is 12.1 Å². The van der Waals surface area contributed by atoms with E-state index in [2.05, 4.69) is 16.0 Å². The Balaban J connectivity index is 1.52. The van der Waals surface area contributed by atoms with E-state index in [1.807, 2.05) is 0 Å². The lowest BCUT2D eigenvalue weighted by molar-refractivity contribution is -0.135. The van der Waals surface area contributed by atoms with Gasteiger partial charge in [0.05, 0.1) is 0 Å². The molecule has 1 saturated heterocycles. The topological polar surface area (TPSA) is 108 Å². The van der Waals surface area contributed by atoms with Crippen molar-refractivity contribution in [2.45, 2.75) is 82.2 Å². The van der Waals surface area contributed by atoms with Gasteiger partial charge in [0.2, 0.25) is 5.91 Å². The van der Waals surface area contributed by atoms with E-state index >= 15 is 0 Å². The minimum absolute atomic E-state index is 0.0857. The summed E-state index contributed by atoms with van der Waals surface area (Å²) in [7, 11) is 0. The van der Waals surface area contributed by atoms with Crippen LogP contribution in [0.15, 0.2) is 0 Å². The van der Waals surface area contributed by atoms with E-state index in [1.54, 1.807) is 0 Å². The minimum Gasteiger partial charge on any atom is -0.335 e. The molecule has 3 aliphatic rings. The summed E-state index contributed by atoms with van der Waals surface area (Å²) in [6.07, 6.45) is 10.2. The van der Waals surface area contributed by atoms with Crippen molar-refractivity contribution in [1.82, 2.24) is 20.9 Å². The standard InChI is InChI=1S/C18H28N4O4/c23-14(20-16(25)19-13-8-4-3-5-9-13)12-22-15(24)18(21-17(22)26)10-6-1-2-7-11-18/h13H,1-12H2,(H,21,26)(H2,19,20,23,25). The molecule has 0 aromatic rings. The second-order valence-corrected chi connectivity index (χ2v) is 7.67. The second kappa shape index (κ2) is 8.05. The van der Waals surface area contributed by atoms with Crippen LogP contribution in [0.5, 0.6) is 0 Å². The Morgan fingerprint density at radius 3 is 2.27 bits per heavy atom. The van der Waals surface area contributed by atoms with Gasteiger partial charge in [0.15, 0.2) is 0 Å². The van der Waals surface area contributed by atoms with E-state index < -0.39 is 30.1 Å². The van der Waals surface area contributed by atoms with Gasteiger partial charge in [0, 0.05) is 6.04 Å². The van der Waals surface area contributed by atoms with Gasteiger partial charge in [0.25, 0.3) is 5.91 Å². The van der Waals surface area contributed by atoms with Crippen LogP contribution in [0.1, 0.15) is 70.6 Å². The fourth-order valence-corrected chi connectivity index (χ4v) is 4.27. The van der Waals surface area contributed by atoms with Crippen molar-refractivity contribution in [3.63, 3.8) is 0 Å². The third kappa shape index (κ3) is 4.16. The number of urea groups is 2. The van der Waals surface area contributed by atoms with Gasteiger partial charge in [-0.3, -0.25) is 19.8 Å². The highest BCUT2D eigenvalue weighted by Gasteiger charge is 2.51. The summed E-state index contributed by atoms with van der Waals surface area (Å²) < 4.78 is 0. The second-order valence-electron chi connectivity index (χ2n) is 7.67. The number of amides is 6. The molecule has 3 rings (SSSR count). The van der Waals surface area contributed by atoms with E-state index in [9.17, 15) is 19.2 Å². The molecule has 2 aliphatic carbocycles. The summed E-state index contributed by atoms with van der Waals surface area (Å²) in [4.78, 5) is 50.0. The molecular formula is C18H28N4O4. The highest BCUT2D eigenvalue weighted by atomic mass is 16.2. The predicted molar refractivity (Wildman–Crippen MR) is 94.2 cm³/mol. The fourth-order valence-electron chi connectivity index (χ4n) is 4.27. The van der Waals surface area contributed by atoms with E-state index in [1.165, 1.54) is 6.42 Å². The highest BCUT2D eigenvalue weighted by molar-refractivity contribution is 6.10. The first-order valence-corrected chi connectivity index (χ1v) is 9.75. The molecule has 8 nitrogen and oxygen atoms in total. The zero-order valence-electron chi connectivity index (χ0n) is 15.1. The lowest BCUT2D eigenvalue weighted by Crippen LogP contribution is -2.50. The Hall–Kier alpha value is -2.12. The van der Waals surface area contributed by atoms with Crippen molar-refractivity contribution >= 4 is 23.9 Å². The molecule has 0 bridgehead atoms. The number of carbonyl (C=O) groups is 4. The van der Waals surface area contributed by atoms with Crippen molar-refractivity contribution in [2.24, 2.45) is 0 Å². The Labute approximate surface area is 153 Å². The van der Waals surface area contributed by atoms with Crippen LogP contribution in [0.3, 0.4) is 0 Å². The summed E-state index contributed by atoms with van der Waals surface area (Å²) >= 11 is 0. The number of nitrogens with one attached hydrogen (secondary N) is 3. The van der Waals surface area contributed by atoms with Gasteiger partial charge in [0.1, 0.15) is 12.1 Å². The van der Waals surface area contributed by atoms with Crippen LogP contribution >= 0.6 is 0 Å². The maximum Gasteiger partial charge on any atom is 0.325 e. The molecule has 6 amide bonds. The van der Waals surface area contributed by atoms with Gasteiger partial charge in [-0.2, -0.15) is 0 Å². The summed E-state index contributed by atoms with van der Waals surface area (Å²) in [5, 5.41) is 7.81. The van der Waals surface area contributed by atoms with Crippen molar-refractivity contribution in [1.29, 1.82) is 0 Å². The fraction of sp³-hybridized carbons (Fsp3) is 0.778. The first-order chi connectivity index (χ1) is 12.5. The highest BCUT2D eigenvalue weighted by Crippen LogP contribution is 2.32. The number of imide groups is 2. The van der Waals surface area contributed by atoms with Crippen LogP contribution in [0, 0.1) is 0 Å². The Bertz CT molecular complexity index is 578. The zero-order valence-corrected chi connectivity index (χ0v) is 15.1. The average molecular weight is 364 g/mol. The van der Waals surface area contributed by atoms with Crippen molar-refractivity contribution in [3.8, 4) is 0 Å². The quantitative estimate of drug-likeness (QED) is 0.664. The monoisotopic (exact) mass is 364 g/mol. The summed E-state index contributed by atoms with van der Waals surface area (Å²) in [6, 6.07) is -1.01. The van der Waals surface area contributed by atoms with E-state index in [0.717, 1.165) is 56.3 Å². The van der Waals surface area contributed by atoms with Gasteiger partial charge in [-0.1, -0.05) is 44.9 Å². The third-order valence-electron chi connectivity index (χ3n) is 5.70. The average Bonchev–Trinajstić information content (AvgIpc) is 2.78. The Morgan fingerprint density at radius 1 is 1.00 bits per heavy atom. The number of carbonyl (C=O) groups excluding carboxylic acids is 4. The SMILES string of the molecule is O=C(CN1C(=O)NC2(CCCCCC2)C1=O)NC(=O)NC1CCCCC1. The van der Waals surface area contributed by atoms with E-state index in [-0.39, 0.29) is 11.9 Å². The van der Waals surface area contributed by atoms with E-state index in [0.29, 0.717) is 12.8 Å². The van der Waals surface area contributed by atoms with Gasteiger partial charge in [-0.25, -0.2) is 9.59 Å². The van der Waals surface area contributed by atoms with Crippen LogP contribution in [0.4, 0.5) is 9.59 Å². The maximum absolute atomic E-state index is 12.7. The van der Waals surface area contributed by atoms with Gasteiger partial charge in [-0.15, -0.1) is 0 Å². The van der Waals surface area contributed by atoms with Gasteiger partial charge in [-0.05, 0) is 25.7 Å². The molecular weight excluding hydrogens is 336 g/mol. The molecule has 3 fully saturated rings. The lowest BCUT2D eigenvalue weighted by atomic mass is 9.90. The number of nitrogens with zero attached hydrogens (tertiary/aromatic N) is 1. The van der Waals surface area contributed by atoms with Crippen LogP contribution < -0.4 is 16.0 Å². The Kier molecular flexibility index (Phi) is 5.78. The molecule has 0 atom stereocenters. The molecule has 1 aliphatic heterocycles. The predicted octanol–water partition coefficient (Wildman–Crippen LogP) is 1.79. The van der Waals surface area contributed by atoms with E-state index in [4.69, 9.17) is 0 Å². The number of hydrogen-bond donors (Lipinski definition) is 3. The largest absolute Gasteiger partial charge is 0.335 e. The van der Waals surface area contributed by atoms with Crippen molar-refractivity contribution < 1.29 is 19.2 Å². The molecule has 0 unspecified atom stereocenters. The van der Waals surface area contributed by atoms with Gasteiger partial charge < -0.3 is 10.6 Å². The molecule has 3 N–H and O–H groups in total. The maximum atomic E-state index is 12.7. The minimum atomic E-state index is -0.863. The lowest BCUT2D eigenvalue weighted by Gasteiger charge is -2.24. The third-order valence-corrected chi connectivity index (χ3v) is 5.70.